The number of ketones is 4. The predicted molar refractivity (Wildman–Crippen MR) is 218 cm³/mol. The normalized spacial score (nSPS) is 18.2. The molecular formula is C46H28O4S3. The molecule has 4 aromatic carbocycles. The standard InChI is InChI=1S/C46H28O4S3/c1-45(2)25(17-31-37(47)27-13-21-9-5-6-10-22(21)14-28(27)38(31)48)18-33-35(45)42-36(46(33,3)4)43-44(53-42)41-34(52-43)20-26(51-41)19-32-39(49)29-15-23-11-7-8-12-24(23)16-30(29)40(32)50/h5-20H,1-4H3. The fourth-order valence-corrected chi connectivity index (χ4v) is 13.7. The summed E-state index contributed by atoms with van der Waals surface area (Å²) < 4.78 is 4.84. The molecule has 0 radical (unpaired) electrons. The van der Waals surface area contributed by atoms with Gasteiger partial charge in [0.15, 0.2) is 23.1 Å². The molecule has 0 fully saturated rings. The highest BCUT2D eigenvalue weighted by molar-refractivity contribution is 7.39. The Morgan fingerprint density at radius 2 is 1.02 bits per heavy atom. The number of benzene rings is 4. The molecule has 4 nitrogen and oxygen atoms in total. The van der Waals surface area contributed by atoms with Gasteiger partial charge in [0, 0.05) is 47.5 Å². The van der Waals surface area contributed by atoms with E-state index < -0.39 is 5.41 Å². The molecule has 0 aliphatic heterocycles. The lowest BCUT2D eigenvalue weighted by molar-refractivity contribution is 0.0974. The zero-order valence-corrected chi connectivity index (χ0v) is 31.5. The maximum absolute atomic E-state index is 13.7. The SMILES string of the molecule is CC1(C)C(C=C2C(=O)c3cc4ccccc4cc3C2=O)=CC2=C1c1sc3c(sc4cc(C=C5C(=O)c6cc7ccccc7cc6C5=O)sc43)c1C2(C)C. The molecule has 0 unspecified atom stereocenters. The van der Waals surface area contributed by atoms with Gasteiger partial charge in [-0.2, -0.15) is 0 Å². The third-order valence-corrected chi connectivity index (χ3v) is 15.6. The van der Waals surface area contributed by atoms with E-state index in [1.807, 2.05) is 90.2 Å². The van der Waals surface area contributed by atoms with Crippen molar-refractivity contribution in [2.45, 2.75) is 33.1 Å². The molecule has 0 N–H and O–H groups in total. The van der Waals surface area contributed by atoms with Gasteiger partial charge in [-0.15, -0.1) is 34.0 Å². The van der Waals surface area contributed by atoms with Crippen molar-refractivity contribution in [3.05, 3.63) is 151 Å². The number of rotatable bonds is 2. The fraction of sp³-hybridized carbons (Fsp3) is 0.130. The van der Waals surface area contributed by atoms with E-state index in [4.69, 9.17) is 0 Å². The van der Waals surface area contributed by atoms with Gasteiger partial charge < -0.3 is 0 Å². The first-order chi connectivity index (χ1) is 25.4. The van der Waals surface area contributed by atoms with Crippen LogP contribution in [0.3, 0.4) is 0 Å². The maximum Gasteiger partial charge on any atom is 0.197 e. The third-order valence-electron chi connectivity index (χ3n) is 11.8. The summed E-state index contributed by atoms with van der Waals surface area (Å²) in [5.41, 5.74) is 6.48. The van der Waals surface area contributed by atoms with Crippen LogP contribution >= 0.6 is 34.0 Å². The number of allylic oxidation sites excluding steroid dienone is 7. The first-order valence-electron chi connectivity index (χ1n) is 17.6. The first kappa shape index (κ1) is 31.2. The Kier molecular flexibility index (Phi) is 6.01. The van der Waals surface area contributed by atoms with E-state index in [1.165, 1.54) is 35.7 Å². The van der Waals surface area contributed by atoms with Crippen LogP contribution in [-0.2, 0) is 5.41 Å². The van der Waals surface area contributed by atoms with E-state index in [-0.39, 0.29) is 39.7 Å². The molecule has 4 aliphatic rings. The summed E-state index contributed by atoms with van der Waals surface area (Å²) >= 11 is 5.22. The van der Waals surface area contributed by atoms with Gasteiger partial charge in [-0.1, -0.05) is 82.3 Å². The fourth-order valence-electron chi connectivity index (χ4n) is 8.94. The highest BCUT2D eigenvalue weighted by Crippen LogP contribution is 2.65. The lowest BCUT2D eigenvalue weighted by atomic mass is 9.79. The van der Waals surface area contributed by atoms with E-state index in [1.54, 1.807) is 28.7 Å². The van der Waals surface area contributed by atoms with Crippen LogP contribution in [0, 0.1) is 5.41 Å². The molecule has 7 aromatic rings. The van der Waals surface area contributed by atoms with Crippen molar-refractivity contribution in [3.8, 4) is 0 Å². The van der Waals surface area contributed by atoms with Crippen LogP contribution in [0.5, 0.6) is 0 Å². The topological polar surface area (TPSA) is 68.3 Å². The van der Waals surface area contributed by atoms with Gasteiger partial charge in [-0.05, 0) is 86.3 Å². The summed E-state index contributed by atoms with van der Waals surface area (Å²) in [4.78, 5) is 56.6. The van der Waals surface area contributed by atoms with Gasteiger partial charge >= 0.3 is 0 Å². The average Bonchev–Trinajstić information content (AvgIpc) is 3.96. The van der Waals surface area contributed by atoms with Crippen molar-refractivity contribution in [2.75, 3.05) is 0 Å². The second kappa shape index (κ2) is 10.2. The third kappa shape index (κ3) is 3.99. The monoisotopic (exact) mass is 740 g/mol. The van der Waals surface area contributed by atoms with E-state index in [9.17, 15) is 19.2 Å². The average molecular weight is 741 g/mol. The molecule has 0 amide bonds. The molecule has 0 atom stereocenters. The number of thiophene rings is 3. The summed E-state index contributed by atoms with van der Waals surface area (Å²) in [6.45, 7) is 8.95. The summed E-state index contributed by atoms with van der Waals surface area (Å²) in [7, 11) is 0. The largest absolute Gasteiger partial charge is 0.288 e. The van der Waals surface area contributed by atoms with Crippen LogP contribution in [0.4, 0.5) is 0 Å². The van der Waals surface area contributed by atoms with Crippen LogP contribution in [0.25, 0.3) is 52.0 Å². The van der Waals surface area contributed by atoms with Crippen molar-refractivity contribution in [3.63, 3.8) is 0 Å². The lowest BCUT2D eigenvalue weighted by Crippen LogP contribution is -2.15. The Labute approximate surface area is 316 Å². The van der Waals surface area contributed by atoms with Gasteiger partial charge in [-0.25, -0.2) is 0 Å². The molecular weight excluding hydrogens is 713 g/mol. The van der Waals surface area contributed by atoms with Gasteiger partial charge in [0.1, 0.15) is 0 Å². The Balaban J connectivity index is 0.959. The quantitative estimate of drug-likeness (QED) is 0.131. The Morgan fingerprint density at radius 1 is 0.528 bits per heavy atom. The minimum absolute atomic E-state index is 0.208. The maximum atomic E-state index is 13.7. The second-order valence-corrected chi connectivity index (χ2v) is 18.6. The first-order valence-corrected chi connectivity index (χ1v) is 20.0. The Hall–Kier alpha value is -5.34. The number of carbonyl (C=O) groups is 4. The van der Waals surface area contributed by atoms with Crippen LogP contribution in [-0.4, -0.2) is 23.1 Å². The van der Waals surface area contributed by atoms with Crippen LogP contribution in [0.1, 0.15) is 84.4 Å². The van der Waals surface area contributed by atoms with Crippen molar-refractivity contribution < 1.29 is 19.2 Å². The molecule has 3 heterocycles. The van der Waals surface area contributed by atoms with Crippen LogP contribution < -0.4 is 0 Å². The smallest absolute Gasteiger partial charge is 0.197 e. The van der Waals surface area contributed by atoms with Crippen molar-refractivity contribution in [2.24, 2.45) is 5.41 Å². The second-order valence-electron chi connectivity index (χ2n) is 15.5. The molecule has 254 valence electrons. The number of hydrogen-bond donors (Lipinski definition) is 0. The van der Waals surface area contributed by atoms with Crippen molar-refractivity contribution >= 4 is 109 Å². The number of fused-ring (bicyclic) bond motifs is 10. The van der Waals surface area contributed by atoms with E-state index in [2.05, 4.69) is 39.8 Å². The zero-order chi connectivity index (χ0) is 36.3. The van der Waals surface area contributed by atoms with Crippen molar-refractivity contribution in [1.82, 2.24) is 0 Å². The molecule has 0 saturated carbocycles. The Morgan fingerprint density at radius 3 is 1.53 bits per heavy atom. The number of carbonyl (C=O) groups excluding carboxylic acids is 4. The summed E-state index contributed by atoms with van der Waals surface area (Å²) in [5, 5.41) is 3.79. The molecule has 0 bridgehead atoms. The van der Waals surface area contributed by atoms with Crippen LogP contribution in [0.2, 0.25) is 0 Å². The lowest BCUT2D eigenvalue weighted by Gasteiger charge is -2.25. The van der Waals surface area contributed by atoms with E-state index >= 15 is 0 Å². The highest BCUT2D eigenvalue weighted by Gasteiger charge is 2.50. The number of hydrogen-bond acceptors (Lipinski definition) is 7. The summed E-state index contributed by atoms with van der Waals surface area (Å²) in [6, 6.07) is 25.1. The van der Waals surface area contributed by atoms with Crippen molar-refractivity contribution in [1.29, 1.82) is 0 Å². The van der Waals surface area contributed by atoms with Gasteiger partial charge in [0.05, 0.1) is 25.2 Å². The number of Topliss-reactive ketones (excluding diaryl/α,β-unsaturated/α-hetero) is 4. The van der Waals surface area contributed by atoms with Gasteiger partial charge in [-0.3, -0.25) is 19.2 Å². The Bertz CT molecular complexity index is 3010. The van der Waals surface area contributed by atoms with E-state index in [0.29, 0.717) is 22.3 Å². The molecule has 7 heteroatoms. The molecule has 3 aromatic heterocycles. The van der Waals surface area contributed by atoms with E-state index in [0.717, 1.165) is 36.7 Å². The molecule has 0 saturated heterocycles. The summed E-state index contributed by atoms with van der Waals surface area (Å²) in [5.74, 6) is -0.844. The van der Waals surface area contributed by atoms with Crippen LogP contribution in [0.15, 0.2) is 113 Å². The van der Waals surface area contributed by atoms with Gasteiger partial charge in [0.2, 0.25) is 0 Å². The molecule has 0 spiro atoms. The highest BCUT2D eigenvalue weighted by atomic mass is 32.1. The minimum Gasteiger partial charge on any atom is -0.288 e. The minimum atomic E-state index is -0.426. The molecule has 53 heavy (non-hydrogen) atoms. The molecule has 11 rings (SSSR count). The zero-order valence-electron chi connectivity index (χ0n) is 29.1. The summed E-state index contributed by atoms with van der Waals surface area (Å²) in [6.07, 6.45) is 5.85. The van der Waals surface area contributed by atoms with Gasteiger partial charge in [0.25, 0.3) is 0 Å². The predicted octanol–water partition coefficient (Wildman–Crippen LogP) is 12.0. The molecule has 4 aliphatic carbocycles.